The third kappa shape index (κ3) is 2.80. The Hall–Kier alpha value is -3.20. The van der Waals surface area contributed by atoms with E-state index in [-0.39, 0.29) is 0 Å². The van der Waals surface area contributed by atoms with Gasteiger partial charge in [-0.15, -0.1) is 0 Å². The number of amides is 2. The van der Waals surface area contributed by atoms with Crippen LogP contribution < -0.4 is 9.64 Å². The SMILES string of the molecule is COc1ccc(N2C(=O)[C@H]3[C@@H]4C=C[C@@](C(OC(C)=O)OC(C)=O)(O4)[C@@H]3C2=O)cc1. The molecule has 1 aromatic rings. The summed E-state index contributed by atoms with van der Waals surface area (Å²) in [4.78, 5) is 50.6. The predicted octanol–water partition coefficient (Wildman–Crippen LogP) is 0.960. The molecular weight excluding hydrogens is 382 g/mol. The van der Waals surface area contributed by atoms with Crippen molar-refractivity contribution in [3.63, 3.8) is 0 Å². The van der Waals surface area contributed by atoms with Crippen LogP contribution in [-0.4, -0.2) is 48.9 Å². The highest BCUT2D eigenvalue weighted by Gasteiger charge is 2.72. The van der Waals surface area contributed by atoms with Crippen LogP contribution in [0.15, 0.2) is 36.4 Å². The maximum atomic E-state index is 13.3. The van der Waals surface area contributed by atoms with Gasteiger partial charge in [-0.25, -0.2) is 4.90 Å². The van der Waals surface area contributed by atoms with Crippen LogP contribution in [0.4, 0.5) is 5.69 Å². The fourth-order valence-electron chi connectivity index (χ4n) is 4.20. The molecular formula is C20H19NO8. The number of rotatable bonds is 5. The molecule has 0 spiro atoms. The van der Waals surface area contributed by atoms with Crippen LogP contribution in [0.3, 0.4) is 0 Å². The molecule has 4 atom stereocenters. The van der Waals surface area contributed by atoms with Crippen LogP contribution in [0.1, 0.15) is 13.8 Å². The van der Waals surface area contributed by atoms with E-state index in [9.17, 15) is 19.2 Å². The Morgan fingerprint density at radius 3 is 2.24 bits per heavy atom. The number of fused-ring (bicyclic) bond motifs is 5. The molecule has 0 unspecified atom stereocenters. The van der Waals surface area contributed by atoms with Crippen molar-refractivity contribution < 1.29 is 38.1 Å². The largest absolute Gasteiger partial charge is 0.497 e. The van der Waals surface area contributed by atoms with Crippen molar-refractivity contribution >= 4 is 29.4 Å². The molecule has 2 amide bonds. The van der Waals surface area contributed by atoms with Crippen LogP contribution in [0.25, 0.3) is 0 Å². The second kappa shape index (κ2) is 6.70. The lowest BCUT2D eigenvalue weighted by atomic mass is 9.76. The molecule has 2 bridgehead atoms. The van der Waals surface area contributed by atoms with Gasteiger partial charge in [-0.05, 0) is 30.3 Å². The molecule has 0 saturated carbocycles. The van der Waals surface area contributed by atoms with E-state index in [1.54, 1.807) is 30.3 Å². The highest BCUT2D eigenvalue weighted by molar-refractivity contribution is 6.23. The number of carbonyl (C=O) groups excluding carboxylic acids is 4. The fraction of sp³-hybridized carbons (Fsp3) is 0.400. The van der Waals surface area contributed by atoms with Gasteiger partial charge in [0.15, 0.2) is 5.60 Å². The van der Waals surface area contributed by atoms with Crippen molar-refractivity contribution in [2.24, 2.45) is 11.8 Å². The summed E-state index contributed by atoms with van der Waals surface area (Å²) in [5.74, 6) is -3.57. The van der Waals surface area contributed by atoms with Crippen molar-refractivity contribution in [3.8, 4) is 5.75 Å². The minimum absolute atomic E-state index is 0.390. The third-order valence-electron chi connectivity index (χ3n) is 5.32. The van der Waals surface area contributed by atoms with Crippen molar-refractivity contribution in [2.45, 2.75) is 31.8 Å². The van der Waals surface area contributed by atoms with E-state index >= 15 is 0 Å². The quantitative estimate of drug-likeness (QED) is 0.311. The molecule has 0 radical (unpaired) electrons. The number of ether oxygens (including phenoxy) is 4. The molecule has 9 heteroatoms. The van der Waals surface area contributed by atoms with Gasteiger partial charge in [0.25, 0.3) is 6.29 Å². The molecule has 9 nitrogen and oxygen atoms in total. The van der Waals surface area contributed by atoms with Gasteiger partial charge in [0.1, 0.15) is 5.75 Å². The second-order valence-corrected chi connectivity index (χ2v) is 7.06. The number of hydrogen-bond acceptors (Lipinski definition) is 8. The minimum Gasteiger partial charge on any atom is -0.497 e. The summed E-state index contributed by atoms with van der Waals surface area (Å²) in [6.45, 7) is 2.31. The van der Waals surface area contributed by atoms with Gasteiger partial charge in [0.2, 0.25) is 11.8 Å². The molecule has 2 saturated heterocycles. The van der Waals surface area contributed by atoms with E-state index in [1.807, 2.05) is 0 Å². The van der Waals surface area contributed by atoms with E-state index in [0.717, 1.165) is 18.7 Å². The highest BCUT2D eigenvalue weighted by Crippen LogP contribution is 2.54. The highest BCUT2D eigenvalue weighted by atomic mass is 16.7. The Morgan fingerprint density at radius 1 is 1.07 bits per heavy atom. The number of benzene rings is 1. The van der Waals surface area contributed by atoms with Crippen LogP contribution in [0.5, 0.6) is 5.75 Å². The smallest absolute Gasteiger partial charge is 0.305 e. The normalized spacial score (nSPS) is 29.4. The standard InChI is InChI=1S/C20H19NO8/c1-10(22)27-19(28-11(2)23)20-9-8-14(29-20)15-16(20)18(25)21(17(15)24)12-4-6-13(26-3)7-5-12/h4-9,14-16,19H,1-3H3/t14-,15-,16-,20+/m0/s1. The zero-order chi connectivity index (χ0) is 20.9. The first-order valence-electron chi connectivity index (χ1n) is 9.02. The first-order valence-corrected chi connectivity index (χ1v) is 9.02. The minimum atomic E-state index is -1.55. The van der Waals surface area contributed by atoms with Crippen LogP contribution in [-0.2, 0) is 33.4 Å². The summed E-state index contributed by atoms with van der Waals surface area (Å²) < 4.78 is 21.4. The molecule has 3 aliphatic rings. The van der Waals surface area contributed by atoms with Gasteiger partial charge >= 0.3 is 11.9 Å². The first-order chi connectivity index (χ1) is 13.8. The van der Waals surface area contributed by atoms with E-state index in [2.05, 4.69) is 0 Å². The van der Waals surface area contributed by atoms with E-state index in [1.165, 1.54) is 13.2 Å². The van der Waals surface area contributed by atoms with Gasteiger partial charge in [-0.2, -0.15) is 0 Å². The Morgan fingerprint density at radius 2 is 1.69 bits per heavy atom. The lowest BCUT2D eigenvalue weighted by Gasteiger charge is -2.34. The van der Waals surface area contributed by atoms with Gasteiger partial charge in [0, 0.05) is 13.8 Å². The lowest BCUT2D eigenvalue weighted by molar-refractivity contribution is -0.226. The van der Waals surface area contributed by atoms with Crippen molar-refractivity contribution in [3.05, 3.63) is 36.4 Å². The van der Waals surface area contributed by atoms with Gasteiger partial charge < -0.3 is 18.9 Å². The number of nitrogens with zero attached hydrogens (tertiary/aromatic N) is 1. The summed E-state index contributed by atoms with van der Waals surface area (Å²) in [5, 5.41) is 0. The summed E-state index contributed by atoms with van der Waals surface area (Å²) in [6, 6.07) is 6.50. The summed E-state index contributed by atoms with van der Waals surface area (Å²) >= 11 is 0. The van der Waals surface area contributed by atoms with Gasteiger partial charge in [0.05, 0.1) is 30.7 Å². The average molecular weight is 401 g/mol. The number of hydrogen-bond donors (Lipinski definition) is 0. The molecule has 3 heterocycles. The van der Waals surface area contributed by atoms with Crippen LogP contribution in [0.2, 0.25) is 0 Å². The monoisotopic (exact) mass is 401 g/mol. The lowest BCUT2D eigenvalue weighted by Crippen LogP contribution is -2.52. The van der Waals surface area contributed by atoms with Crippen LogP contribution in [0, 0.1) is 11.8 Å². The Balaban J connectivity index is 1.72. The number of methoxy groups -OCH3 is 1. The number of anilines is 1. The Labute approximate surface area is 166 Å². The van der Waals surface area contributed by atoms with E-state index in [0.29, 0.717) is 11.4 Å². The molecule has 29 heavy (non-hydrogen) atoms. The Kier molecular flexibility index (Phi) is 4.42. The molecule has 1 aromatic carbocycles. The van der Waals surface area contributed by atoms with E-state index in [4.69, 9.17) is 18.9 Å². The number of esters is 2. The first kappa shape index (κ1) is 19.1. The average Bonchev–Trinajstić information content (AvgIpc) is 3.32. The summed E-state index contributed by atoms with van der Waals surface area (Å²) in [5.41, 5.74) is -1.16. The molecule has 0 N–H and O–H groups in total. The zero-order valence-electron chi connectivity index (χ0n) is 16.0. The van der Waals surface area contributed by atoms with Crippen molar-refractivity contribution in [2.75, 3.05) is 12.0 Å². The Bertz CT molecular complexity index is 907. The zero-order valence-corrected chi connectivity index (χ0v) is 16.0. The topological polar surface area (TPSA) is 108 Å². The number of imide groups is 1. The van der Waals surface area contributed by atoms with Gasteiger partial charge in [-0.1, -0.05) is 6.08 Å². The molecule has 4 rings (SSSR count). The summed E-state index contributed by atoms with van der Waals surface area (Å²) in [7, 11) is 1.51. The predicted molar refractivity (Wildman–Crippen MR) is 96.5 cm³/mol. The fourth-order valence-corrected chi connectivity index (χ4v) is 4.20. The molecule has 3 aliphatic heterocycles. The second-order valence-electron chi connectivity index (χ2n) is 7.06. The van der Waals surface area contributed by atoms with Crippen LogP contribution >= 0.6 is 0 Å². The molecule has 2 fully saturated rings. The van der Waals surface area contributed by atoms with Gasteiger partial charge in [-0.3, -0.25) is 19.2 Å². The third-order valence-corrected chi connectivity index (χ3v) is 5.32. The van der Waals surface area contributed by atoms with Crippen molar-refractivity contribution in [1.82, 2.24) is 0 Å². The summed E-state index contributed by atoms with van der Waals surface area (Å²) in [6.07, 6.45) is 0.997. The molecule has 152 valence electrons. The maximum absolute atomic E-state index is 13.3. The van der Waals surface area contributed by atoms with E-state index < -0.39 is 53.6 Å². The van der Waals surface area contributed by atoms with Crippen molar-refractivity contribution in [1.29, 1.82) is 0 Å². The number of carbonyl (C=O) groups is 4. The molecule has 0 aromatic heterocycles. The maximum Gasteiger partial charge on any atom is 0.305 e. The molecule has 0 aliphatic carbocycles.